The fourth-order valence-corrected chi connectivity index (χ4v) is 6.60. The SMILES string of the molecule is COCc1c(C(=O)O)ncc2[nH]c3ccc(Oc4ccc(F)cc4)cc3c12.COCc1c(C(=O)O)ncc2[nH]c3ccc(Oc4cccc(Cl)c4Cl)cc3c12. The Labute approximate surface area is 321 Å². The lowest BCUT2D eigenvalue weighted by Gasteiger charge is -2.09. The zero-order valence-electron chi connectivity index (χ0n) is 28.9. The van der Waals surface area contributed by atoms with E-state index in [1.54, 1.807) is 30.3 Å². The molecule has 0 fully saturated rings. The van der Waals surface area contributed by atoms with Gasteiger partial charge in [0, 0.05) is 57.9 Å². The standard InChI is InChI=1S/C20H14Cl2N2O4.C20H15FN2O4/c1-27-9-12-17-11-7-10(28-16-4-2-3-13(21)18(16)22)5-6-14(11)24-15(17)8-23-19(12)20(25)26;1-26-10-15-18-14-8-13(27-12-4-2-11(21)3-5-12)6-7-16(14)23-17(18)9-22-19(15)20(24)25/h2-8,24H,9H2,1H3,(H,25,26);2-9,23H,10H2,1H3,(H,24,25). The van der Waals surface area contributed by atoms with Crippen molar-refractivity contribution in [1.29, 1.82) is 0 Å². The Bertz CT molecular complexity index is 2750. The minimum absolute atomic E-state index is 0.0422. The molecule has 0 saturated heterocycles. The number of aromatic carboxylic acids is 2. The first kappa shape index (κ1) is 37.1. The van der Waals surface area contributed by atoms with Crippen molar-refractivity contribution in [2.75, 3.05) is 14.2 Å². The molecule has 0 atom stereocenters. The summed E-state index contributed by atoms with van der Waals surface area (Å²) in [6.45, 7) is 0.228. The summed E-state index contributed by atoms with van der Waals surface area (Å²) >= 11 is 12.2. The molecule has 0 aliphatic rings. The van der Waals surface area contributed by atoms with Gasteiger partial charge in [-0.2, -0.15) is 0 Å². The zero-order chi connectivity index (χ0) is 38.8. The molecular formula is C40H29Cl2FN4O8. The Kier molecular flexibility index (Phi) is 10.5. The molecule has 4 heterocycles. The highest BCUT2D eigenvalue weighted by Crippen LogP contribution is 2.38. The van der Waals surface area contributed by atoms with E-state index in [0.717, 1.165) is 32.6 Å². The molecule has 278 valence electrons. The van der Waals surface area contributed by atoms with Gasteiger partial charge in [0.1, 0.15) is 33.8 Å². The van der Waals surface area contributed by atoms with E-state index in [-0.39, 0.29) is 30.4 Å². The summed E-state index contributed by atoms with van der Waals surface area (Å²) in [6, 6.07) is 21.7. The maximum absolute atomic E-state index is 13.1. The fourth-order valence-electron chi connectivity index (χ4n) is 6.27. The number of ether oxygens (including phenoxy) is 4. The van der Waals surface area contributed by atoms with Crippen molar-refractivity contribution in [3.05, 3.63) is 130 Å². The number of carboxylic acids is 2. The van der Waals surface area contributed by atoms with Crippen LogP contribution < -0.4 is 9.47 Å². The van der Waals surface area contributed by atoms with Gasteiger partial charge in [0.25, 0.3) is 0 Å². The summed E-state index contributed by atoms with van der Waals surface area (Å²) in [7, 11) is 3.01. The summed E-state index contributed by atoms with van der Waals surface area (Å²) in [5, 5.41) is 22.7. The Morgan fingerprint density at radius 2 is 1.16 bits per heavy atom. The van der Waals surface area contributed by atoms with Crippen LogP contribution in [-0.4, -0.2) is 56.3 Å². The minimum Gasteiger partial charge on any atom is -0.477 e. The van der Waals surface area contributed by atoms with Crippen LogP contribution in [0.2, 0.25) is 10.0 Å². The number of H-pyrrole nitrogens is 2. The average Bonchev–Trinajstić information content (AvgIpc) is 3.73. The second-order valence-corrected chi connectivity index (χ2v) is 12.9. The second kappa shape index (κ2) is 15.6. The van der Waals surface area contributed by atoms with E-state index in [2.05, 4.69) is 19.9 Å². The summed E-state index contributed by atoms with van der Waals surface area (Å²) in [4.78, 5) is 37.7. The molecule has 4 aromatic heterocycles. The highest BCUT2D eigenvalue weighted by atomic mass is 35.5. The number of nitrogens with one attached hydrogen (secondary N) is 2. The van der Waals surface area contributed by atoms with E-state index in [1.165, 1.54) is 50.9 Å². The third-order valence-corrected chi connectivity index (χ3v) is 9.40. The van der Waals surface area contributed by atoms with Gasteiger partial charge in [0.15, 0.2) is 11.4 Å². The van der Waals surface area contributed by atoms with Crippen LogP contribution >= 0.6 is 23.2 Å². The van der Waals surface area contributed by atoms with Gasteiger partial charge in [-0.3, -0.25) is 0 Å². The Hall–Kier alpha value is -6.25. The maximum Gasteiger partial charge on any atom is 0.354 e. The van der Waals surface area contributed by atoms with Gasteiger partial charge < -0.3 is 39.1 Å². The Balaban J connectivity index is 0.000000169. The van der Waals surface area contributed by atoms with Crippen molar-refractivity contribution in [3.8, 4) is 23.0 Å². The third kappa shape index (κ3) is 7.46. The van der Waals surface area contributed by atoms with Gasteiger partial charge >= 0.3 is 11.9 Å². The van der Waals surface area contributed by atoms with E-state index in [4.69, 9.17) is 42.1 Å². The van der Waals surface area contributed by atoms with Crippen LogP contribution in [0.5, 0.6) is 23.0 Å². The predicted molar refractivity (Wildman–Crippen MR) is 206 cm³/mol. The minimum atomic E-state index is -1.11. The van der Waals surface area contributed by atoms with Crippen molar-refractivity contribution in [2.45, 2.75) is 13.2 Å². The van der Waals surface area contributed by atoms with Crippen LogP contribution in [0.15, 0.2) is 91.3 Å². The van der Waals surface area contributed by atoms with Crippen molar-refractivity contribution in [3.63, 3.8) is 0 Å². The smallest absolute Gasteiger partial charge is 0.354 e. The number of halogens is 3. The molecule has 8 rings (SSSR count). The van der Waals surface area contributed by atoms with Crippen molar-refractivity contribution < 1.29 is 43.1 Å². The normalized spacial score (nSPS) is 11.2. The Morgan fingerprint density at radius 3 is 1.65 bits per heavy atom. The Morgan fingerprint density at radius 1 is 0.673 bits per heavy atom. The van der Waals surface area contributed by atoms with Crippen molar-refractivity contribution >= 4 is 78.8 Å². The maximum atomic E-state index is 13.1. The van der Waals surface area contributed by atoms with Gasteiger partial charge in [-0.1, -0.05) is 29.3 Å². The van der Waals surface area contributed by atoms with E-state index in [0.29, 0.717) is 55.2 Å². The zero-order valence-corrected chi connectivity index (χ0v) is 30.5. The highest BCUT2D eigenvalue weighted by Gasteiger charge is 2.21. The lowest BCUT2D eigenvalue weighted by Crippen LogP contribution is -2.07. The second-order valence-electron chi connectivity index (χ2n) is 12.1. The number of methoxy groups -OCH3 is 2. The molecule has 0 radical (unpaired) electrons. The number of carbonyl (C=O) groups is 2. The number of benzene rings is 4. The first-order chi connectivity index (χ1) is 26.6. The molecule has 0 aliphatic heterocycles. The largest absolute Gasteiger partial charge is 0.477 e. The molecular weight excluding hydrogens is 754 g/mol. The number of aromatic amines is 2. The molecule has 12 nitrogen and oxygen atoms in total. The molecule has 0 spiro atoms. The molecule has 55 heavy (non-hydrogen) atoms. The van der Waals surface area contributed by atoms with Crippen LogP contribution in [0, 0.1) is 5.82 Å². The summed E-state index contributed by atoms with van der Waals surface area (Å²) < 4.78 is 35.2. The topological polar surface area (TPSA) is 169 Å². The number of hydrogen-bond acceptors (Lipinski definition) is 8. The molecule has 0 amide bonds. The number of rotatable bonds is 10. The number of hydrogen-bond donors (Lipinski definition) is 4. The molecule has 0 saturated carbocycles. The van der Waals surface area contributed by atoms with Crippen LogP contribution in [0.25, 0.3) is 43.6 Å². The number of fused-ring (bicyclic) bond motifs is 6. The van der Waals surface area contributed by atoms with E-state index < -0.39 is 11.9 Å². The molecule has 4 N–H and O–H groups in total. The molecule has 15 heteroatoms. The molecule has 0 unspecified atom stereocenters. The van der Waals surface area contributed by atoms with Gasteiger partial charge in [-0.05, 0) is 72.8 Å². The van der Waals surface area contributed by atoms with Gasteiger partial charge in [0.05, 0.1) is 41.7 Å². The number of pyridine rings is 2. The lowest BCUT2D eigenvalue weighted by atomic mass is 10.1. The van der Waals surface area contributed by atoms with Gasteiger partial charge in [0.2, 0.25) is 0 Å². The van der Waals surface area contributed by atoms with Crippen molar-refractivity contribution in [1.82, 2.24) is 19.9 Å². The first-order valence-corrected chi connectivity index (χ1v) is 17.2. The van der Waals surface area contributed by atoms with Crippen molar-refractivity contribution in [2.24, 2.45) is 0 Å². The fraction of sp³-hybridized carbons (Fsp3) is 0.100. The first-order valence-electron chi connectivity index (χ1n) is 16.4. The van der Waals surface area contributed by atoms with Gasteiger partial charge in [-0.15, -0.1) is 0 Å². The number of aromatic nitrogens is 4. The molecule has 8 aromatic rings. The van der Waals surface area contributed by atoms with E-state index >= 15 is 0 Å². The predicted octanol–water partition coefficient (Wildman–Crippen LogP) is 10.2. The number of nitrogens with zero attached hydrogens (tertiary/aromatic N) is 2. The van der Waals surface area contributed by atoms with Crippen LogP contribution in [0.1, 0.15) is 32.1 Å². The number of carboxylic acid groups (broad SMARTS) is 2. The highest BCUT2D eigenvalue weighted by molar-refractivity contribution is 6.43. The van der Waals surface area contributed by atoms with Crippen LogP contribution in [0.4, 0.5) is 4.39 Å². The van der Waals surface area contributed by atoms with Gasteiger partial charge in [-0.25, -0.2) is 23.9 Å². The lowest BCUT2D eigenvalue weighted by molar-refractivity contribution is 0.0675. The molecule has 0 bridgehead atoms. The van der Waals surface area contributed by atoms with E-state index in [1.807, 2.05) is 24.3 Å². The quantitative estimate of drug-likeness (QED) is 0.105. The monoisotopic (exact) mass is 782 g/mol. The van der Waals surface area contributed by atoms with Crippen LogP contribution in [0.3, 0.4) is 0 Å². The summed E-state index contributed by atoms with van der Waals surface area (Å²) in [5.41, 5.74) is 3.96. The van der Waals surface area contributed by atoms with Crippen LogP contribution in [-0.2, 0) is 22.7 Å². The average molecular weight is 784 g/mol. The van der Waals surface area contributed by atoms with E-state index in [9.17, 15) is 24.2 Å². The summed E-state index contributed by atoms with van der Waals surface area (Å²) in [5.74, 6) is -0.550. The third-order valence-electron chi connectivity index (χ3n) is 8.59. The molecule has 4 aromatic carbocycles. The molecule has 0 aliphatic carbocycles. The summed E-state index contributed by atoms with van der Waals surface area (Å²) in [6.07, 6.45) is 3.00.